The van der Waals surface area contributed by atoms with Crippen LogP contribution in [0.25, 0.3) is 0 Å². The summed E-state index contributed by atoms with van der Waals surface area (Å²) in [6, 6.07) is 10.5. The Kier molecular flexibility index (Phi) is 5.85. The Morgan fingerprint density at radius 3 is 2.22 bits per heavy atom. The number of benzene rings is 2. The van der Waals surface area contributed by atoms with Crippen LogP contribution in [0.2, 0.25) is 5.02 Å². The molecule has 0 bridgehead atoms. The van der Waals surface area contributed by atoms with Gasteiger partial charge >= 0.3 is 0 Å². The summed E-state index contributed by atoms with van der Waals surface area (Å²) >= 11 is 5.86. The molecule has 142 valence electrons. The highest BCUT2D eigenvalue weighted by Gasteiger charge is 2.30. The molecular weight excluding hydrogens is 370 g/mol. The highest BCUT2D eigenvalue weighted by atomic mass is 35.5. The SMILES string of the molecule is Cc1c(C(=O)NN(C(=O)c2ccc(Cl)cc2)C(C)(C)C)cccc1[N+](=O)[O-]. The lowest BCUT2D eigenvalue weighted by Crippen LogP contribution is -2.56. The first-order valence-electron chi connectivity index (χ1n) is 8.17. The summed E-state index contributed by atoms with van der Waals surface area (Å²) in [6.45, 7) is 6.79. The smallest absolute Gasteiger partial charge is 0.267 e. The number of amides is 2. The first-order valence-corrected chi connectivity index (χ1v) is 8.55. The zero-order valence-corrected chi connectivity index (χ0v) is 16.2. The van der Waals surface area contributed by atoms with Crippen molar-refractivity contribution < 1.29 is 14.5 Å². The van der Waals surface area contributed by atoms with Crippen LogP contribution in [0.5, 0.6) is 0 Å². The maximum atomic E-state index is 12.9. The number of rotatable bonds is 3. The Labute approximate surface area is 162 Å². The van der Waals surface area contributed by atoms with Crippen LogP contribution in [0, 0.1) is 17.0 Å². The Balaban J connectivity index is 2.36. The van der Waals surface area contributed by atoms with Gasteiger partial charge in [-0.3, -0.25) is 25.1 Å². The van der Waals surface area contributed by atoms with Gasteiger partial charge in [-0.2, -0.15) is 0 Å². The lowest BCUT2D eigenvalue weighted by molar-refractivity contribution is -0.385. The lowest BCUT2D eigenvalue weighted by Gasteiger charge is -2.35. The van der Waals surface area contributed by atoms with Crippen LogP contribution in [-0.4, -0.2) is 27.3 Å². The van der Waals surface area contributed by atoms with Crippen LogP contribution in [0.15, 0.2) is 42.5 Å². The van der Waals surface area contributed by atoms with E-state index in [1.807, 2.05) is 0 Å². The number of carbonyl (C=O) groups excluding carboxylic acids is 2. The number of nitrogens with zero attached hydrogens (tertiary/aromatic N) is 2. The van der Waals surface area contributed by atoms with Gasteiger partial charge < -0.3 is 0 Å². The van der Waals surface area contributed by atoms with Crippen molar-refractivity contribution in [3.8, 4) is 0 Å². The molecule has 0 aliphatic carbocycles. The molecular formula is C19H20ClN3O4. The van der Waals surface area contributed by atoms with E-state index in [1.165, 1.54) is 30.1 Å². The van der Waals surface area contributed by atoms with Gasteiger partial charge in [0.2, 0.25) is 0 Å². The van der Waals surface area contributed by atoms with Gasteiger partial charge in [0, 0.05) is 22.2 Å². The topological polar surface area (TPSA) is 92.6 Å². The third-order valence-corrected chi connectivity index (χ3v) is 4.18. The van der Waals surface area contributed by atoms with Gasteiger partial charge in [-0.05, 0) is 58.0 Å². The van der Waals surface area contributed by atoms with Crippen LogP contribution >= 0.6 is 11.6 Å². The van der Waals surface area contributed by atoms with Crippen molar-refractivity contribution >= 4 is 29.1 Å². The number of halogens is 1. The Morgan fingerprint density at radius 2 is 1.70 bits per heavy atom. The molecule has 2 aromatic carbocycles. The van der Waals surface area contributed by atoms with Crippen LogP contribution in [0.3, 0.4) is 0 Å². The highest BCUT2D eigenvalue weighted by molar-refractivity contribution is 6.30. The molecule has 2 rings (SSSR count). The molecule has 0 heterocycles. The Bertz CT molecular complexity index is 889. The zero-order chi connectivity index (χ0) is 20.4. The largest absolute Gasteiger partial charge is 0.273 e. The van der Waals surface area contributed by atoms with Gasteiger partial charge in [0.15, 0.2) is 0 Å². The number of hydrazine groups is 1. The lowest BCUT2D eigenvalue weighted by atomic mass is 10.0. The molecule has 0 fully saturated rings. The van der Waals surface area contributed by atoms with E-state index in [-0.39, 0.29) is 16.8 Å². The van der Waals surface area contributed by atoms with Crippen LogP contribution in [0.1, 0.15) is 47.1 Å². The minimum atomic E-state index is -0.735. The molecule has 2 amide bonds. The van der Waals surface area contributed by atoms with Crippen molar-refractivity contribution in [1.82, 2.24) is 10.4 Å². The minimum absolute atomic E-state index is 0.127. The molecule has 8 heteroatoms. The van der Waals surface area contributed by atoms with Crippen molar-refractivity contribution in [3.63, 3.8) is 0 Å². The second-order valence-corrected chi connectivity index (χ2v) is 7.40. The molecule has 0 aromatic heterocycles. The number of hydrogen-bond donors (Lipinski definition) is 1. The third-order valence-electron chi connectivity index (χ3n) is 3.92. The van der Waals surface area contributed by atoms with Gasteiger partial charge in [0.25, 0.3) is 17.5 Å². The molecule has 2 aromatic rings. The molecule has 1 N–H and O–H groups in total. The van der Waals surface area contributed by atoms with Crippen molar-refractivity contribution in [2.45, 2.75) is 33.2 Å². The molecule has 0 aliphatic rings. The summed E-state index contributed by atoms with van der Waals surface area (Å²) in [5.41, 5.74) is 2.40. The number of nitrogens with one attached hydrogen (secondary N) is 1. The van der Waals surface area contributed by atoms with Crippen LogP contribution < -0.4 is 5.43 Å². The second kappa shape index (κ2) is 7.75. The van der Waals surface area contributed by atoms with E-state index in [0.29, 0.717) is 10.6 Å². The van der Waals surface area contributed by atoms with Gasteiger partial charge in [-0.1, -0.05) is 17.7 Å². The molecule has 0 unspecified atom stereocenters. The van der Waals surface area contributed by atoms with Crippen LogP contribution in [-0.2, 0) is 0 Å². The summed E-state index contributed by atoms with van der Waals surface area (Å²) in [5, 5.41) is 12.8. The number of nitro benzene ring substituents is 1. The summed E-state index contributed by atoms with van der Waals surface area (Å²) in [5.74, 6) is -1.02. The van der Waals surface area contributed by atoms with Crippen molar-refractivity contribution in [3.05, 3.63) is 74.3 Å². The fourth-order valence-corrected chi connectivity index (χ4v) is 2.60. The third kappa shape index (κ3) is 4.62. The molecule has 0 saturated carbocycles. The molecule has 27 heavy (non-hydrogen) atoms. The molecule has 0 saturated heterocycles. The molecule has 0 aliphatic heterocycles. The average molecular weight is 390 g/mol. The summed E-state index contributed by atoms with van der Waals surface area (Å²) in [7, 11) is 0. The van der Waals surface area contributed by atoms with Gasteiger partial charge in [0.05, 0.1) is 16.0 Å². The molecule has 0 spiro atoms. The van der Waals surface area contributed by atoms with E-state index in [9.17, 15) is 19.7 Å². The number of hydrogen-bond acceptors (Lipinski definition) is 4. The molecule has 0 radical (unpaired) electrons. The number of carbonyl (C=O) groups is 2. The van der Waals surface area contributed by atoms with E-state index in [1.54, 1.807) is 45.0 Å². The standard InChI is InChI=1S/C19H20ClN3O4/c1-12-15(6-5-7-16(12)23(26)27)17(24)21-22(19(2,3)4)18(25)13-8-10-14(20)11-9-13/h5-11H,1-4H3,(H,21,24). The number of nitro groups is 1. The van der Waals surface area contributed by atoms with Gasteiger partial charge in [-0.15, -0.1) is 0 Å². The first kappa shape index (κ1) is 20.4. The van der Waals surface area contributed by atoms with E-state index in [0.717, 1.165) is 0 Å². The van der Waals surface area contributed by atoms with E-state index in [4.69, 9.17) is 11.6 Å². The fraction of sp³-hybridized carbons (Fsp3) is 0.263. The van der Waals surface area contributed by atoms with E-state index >= 15 is 0 Å². The van der Waals surface area contributed by atoms with Gasteiger partial charge in [-0.25, -0.2) is 5.01 Å². The van der Waals surface area contributed by atoms with Crippen molar-refractivity contribution in [2.24, 2.45) is 0 Å². The molecule has 7 nitrogen and oxygen atoms in total. The predicted molar refractivity (Wildman–Crippen MR) is 103 cm³/mol. The maximum absolute atomic E-state index is 12.9. The Morgan fingerprint density at radius 1 is 1.11 bits per heavy atom. The highest BCUT2D eigenvalue weighted by Crippen LogP contribution is 2.22. The monoisotopic (exact) mass is 389 g/mol. The zero-order valence-electron chi connectivity index (χ0n) is 15.4. The normalized spacial score (nSPS) is 11.0. The fourth-order valence-electron chi connectivity index (χ4n) is 2.47. The molecule has 0 atom stereocenters. The van der Waals surface area contributed by atoms with Crippen LogP contribution in [0.4, 0.5) is 5.69 Å². The quantitative estimate of drug-likeness (QED) is 0.630. The minimum Gasteiger partial charge on any atom is -0.267 e. The maximum Gasteiger partial charge on any atom is 0.273 e. The van der Waals surface area contributed by atoms with Crippen molar-refractivity contribution in [1.29, 1.82) is 0 Å². The Hall–Kier alpha value is -2.93. The van der Waals surface area contributed by atoms with Crippen molar-refractivity contribution in [2.75, 3.05) is 0 Å². The second-order valence-electron chi connectivity index (χ2n) is 6.97. The average Bonchev–Trinajstić information content (AvgIpc) is 2.58. The summed E-state index contributed by atoms with van der Waals surface area (Å²) < 4.78 is 0. The van der Waals surface area contributed by atoms with E-state index in [2.05, 4.69) is 5.43 Å². The summed E-state index contributed by atoms with van der Waals surface area (Å²) in [4.78, 5) is 36.2. The predicted octanol–water partition coefficient (Wildman–Crippen LogP) is 4.14. The van der Waals surface area contributed by atoms with Gasteiger partial charge in [0.1, 0.15) is 0 Å². The summed E-state index contributed by atoms with van der Waals surface area (Å²) in [6.07, 6.45) is 0. The van der Waals surface area contributed by atoms with E-state index < -0.39 is 22.3 Å². The first-order chi connectivity index (χ1) is 12.5.